The Morgan fingerprint density at radius 2 is 0.289 bits per heavy atom. The van der Waals surface area contributed by atoms with Crippen LogP contribution in [0.2, 0.25) is 0 Å². The lowest BCUT2D eigenvalue weighted by atomic mass is 9.93. The highest BCUT2D eigenvalue weighted by Gasteiger charge is 2.23. The Hall–Kier alpha value is -15.8. The minimum Gasteiger partial charge on any atom is -0.378 e. The van der Waals surface area contributed by atoms with Gasteiger partial charge in [0, 0.05) is 168 Å². The average Bonchev–Trinajstić information content (AvgIpc) is 0.795. The molecule has 0 aliphatic rings. The van der Waals surface area contributed by atoms with Crippen molar-refractivity contribution in [2.45, 2.75) is 91.5 Å². The van der Waals surface area contributed by atoms with Crippen LogP contribution in [0.1, 0.15) is 83.4 Å². The summed E-state index contributed by atoms with van der Waals surface area (Å²) in [6.45, 7) is 25.9. The normalized spacial score (nSPS) is 10.7. The standard InChI is InChI=1S/C66H57N3.C34H41N3.C30H33N3.3CH4/c1-46-19-7-13-25-61(46)67(62-26-14-8-20-47(62)2)58-37-31-52(32-38-58)55-43-56(53-33-39-59(40-34-53)68(63-27-15-9-21-48(63)3)64-28-16-10-22-49(64)4)45-57(44-55)54-35-41-60(42-36-54)69(65-29-17-11-23-50(65)5)66-30-18-12-24-51(66)6;1-7-35(5)32-17-11-26(12-18-32)29-23-30(27-13-19-33(20-14-27)36(6)8-2)25-31(24-29)28-15-21-34(22-16-28)37(9-3)10-4;1-31(2)28-13-7-22(8-14-28)25-19-26(23-9-15-29(16-10-23)32(3)4)21-27(20-25)24-11-17-30(18-12-24)33(5)6;;;/h7-45H,1-6H3;11-25H,7-10H2,1-6H3;7-21H,1-6H3;3*1H4. The zero-order valence-corrected chi connectivity index (χ0v) is 84.2. The van der Waals surface area contributed by atoms with E-state index in [1.54, 1.807) is 0 Å². The van der Waals surface area contributed by atoms with Crippen molar-refractivity contribution in [3.63, 3.8) is 0 Å². The van der Waals surface area contributed by atoms with Crippen LogP contribution in [-0.4, -0.2) is 82.6 Å². The Morgan fingerprint density at radius 3 is 0.430 bits per heavy atom. The van der Waals surface area contributed by atoms with Crippen LogP contribution < -0.4 is 44.1 Å². The lowest BCUT2D eigenvalue weighted by molar-refractivity contribution is 0.866. The van der Waals surface area contributed by atoms with E-state index in [4.69, 9.17) is 0 Å². The van der Waals surface area contributed by atoms with Crippen molar-refractivity contribution in [3.05, 3.63) is 452 Å². The topological polar surface area (TPSA) is 29.2 Å². The van der Waals surface area contributed by atoms with Gasteiger partial charge in [-0.3, -0.25) is 0 Å². The number of para-hydroxylation sites is 6. The molecule has 18 aromatic carbocycles. The zero-order chi connectivity index (χ0) is 97.3. The molecule has 0 aromatic heterocycles. The largest absolute Gasteiger partial charge is 0.378 e. The van der Waals surface area contributed by atoms with Gasteiger partial charge in [0.2, 0.25) is 0 Å². The summed E-state index contributed by atoms with van der Waals surface area (Å²) in [5.41, 5.74) is 46.7. The van der Waals surface area contributed by atoms with E-state index < -0.39 is 0 Å². The number of benzene rings is 18. The summed E-state index contributed by atoms with van der Waals surface area (Å²) in [5, 5.41) is 0. The van der Waals surface area contributed by atoms with Gasteiger partial charge in [-0.1, -0.05) is 241 Å². The minimum atomic E-state index is 0. The summed E-state index contributed by atoms with van der Waals surface area (Å²) in [7, 11) is 16.7. The number of hydrogen-bond acceptors (Lipinski definition) is 9. The molecule has 0 fully saturated rings. The van der Waals surface area contributed by atoms with Crippen molar-refractivity contribution < 1.29 is 0 Å². The van der Waals surface area contributed by atoms with E-state index in [1.165, 1.54) is 168 Å². The fourth-order valence-corrected chi connectivity index (χ4v) is 18.4. The molecule has 0 unspecified atom stereocenters. The summed E-state index contributed by atoms with van der Waals surface area (Å²) in [4.78, 5) is 20.4. The first kappa shape index (κ1) is 104. The molecule has 0 saturated carbocycles. The molecule has 9 nitrogen and oxygen atoms in total. The van der Waals surface area contributed by atoms with Gasteiger partial charge in [-0.15, -0.1) is 0 Å². The molecule has 0 saturated heterocycles. The maximum Gasteiger partial charge on any atom is 0.0490 e. The van der Waals surface area contributed by atoms with Gasteiger partial charge in [-0.25, -0.2) is 0 Å². The van der Waals surface area contributed by atoms with Crippen molar-refractivity contribution in [1.82, 2.24) is 0 Å². The summed E-state index contributed by atoms with van der Waals surface area (Å²) < 4.78 is 0. The monoisotopic (exact) mass is 1870 g/mol. The van der Waals surface area contributed by atoms with Gasteiger partial charge in [0.1, 0.15) is 0 Å². The molecule has 0 heterocycles. The van der Waals surface area contributed by atoms with Crippen molar-refractivity contribution in [2.24, 2.45) is 0 Å². The van der Waals surface area contributed by atoms with E-state index in [-0.39, 0.29) is 22.3 Å². The molecule has 0 aliphatic carbocycles. The lowest BCUT2D eigenvalue weighted by Crippen LogP contribution is -2.21. The van der Waals surface area contributed by atoms with Crippen LogP contribution in [0.15, 0.2) is 419 Å². The molecular formula is C133H143N9. The minimum absolute atomic E-state index is 0. The predicted molar refractivity (Wildman–Crippen MR) is 625 cm³/mol. The van der Waals surface area contributed by atoms with Crippen LogP contribution in [0.3, 0.4) is 0 Å². The molecule has 0 aliphatic heterocycles. The Kier molecular flexibility index (Phi) is 34.8. The predicted octanol–water partition coefficient (Wildman–Crippen LogP) is 36.2. The fourth-order valence-electron chi connectivity index (χ4n) is 18.4. The van der Waals surface area contributed by atoms with Gasteiger partial charge < -0.3 is 44.1 Å². The SMILES string of the molecule is C.C.C.CCN(C)c1ccc(-c2cc(-c3ccc(N(C)CC)cc3)cc(-c3ccc(N(CC)CC)cc3)c2)cc1.CN(C)c1ccc(-c2cc(-c3ccc(N(C)C)cc3)cc(-c3ccc(N(C)C)cc3)c2)cc1.Cc1ccccc1N(c1ccc(-c2cc(-c3ccc(N(c4ccccc4C)c4ccccc4C)cc3)cc(-c3ccc(N(c4ccccc4C)c4ccccc4C)cc3)c2)cc1)c1ccccc1C. The molecule has 0 radical (unpaired) electrons. The van der Waals surface area contributed by atoms with Crippen molar-refractivity contribution in [2.75, 3.05) is 127 Å². The van der Waals surface area contributed by atoms with E-state index in [1.807, 2.05) is 0 Å². The van der Waals surface area contributed by atoms with Gasteiger partial charge in [-0.2, -0.15) is 0 Å². The second kappa shape index (κ2) is 47.7. The fraction of sp³-hybridized carbons (Fsp3) is 0.188. The first-order chi connectivity index (χ1) is 67.5. The van der Waals surface area contributed by atoms with Crippen LogP contribution in [0, 0.1) is 41.5 Å². The quantitative estimate of drug-likeness (QED) is 0.0476. The molecule has 0 spiro atoms. The van der Waals surface area contributed by atoms with Crippen molar-refractivity contribution in [3.8, 4) is 100 Å². The molecule has 0 amide bonds. The number of rotatable bonds is 28. The van der Waals surface area contributed by atoms with Crippen molar-refractivity contribution in [1.29, 1.82) is 0 Å². The van der Waals surface area contributed by atoms with Crippen LogP contribution in [-0.2, 0) is 0 Å². The van der Waals surface area contributed by atoms with Gasteiger partial charge in [0.25, 0.3) is 0 Å². The second-order valence-corrected chi connectivity index (χ2v) is 36.9. The molecule has 0 bridgehead atoms. The molecule has 18 rings (SSSR count). The van der Waals surface area contributed by atoms with E-state index in [9.17, 15) is 0 Å². The summed E-state index contributed by atoms with van der Waals surface area (Å²) >= 11 is 0. The van der Waals surface area contributed by atoms with E-state index >= 15 is 0 Å². The van der Waals surface area contributed by atoms with Crippen LogP contribution in [0.4, 0.5) is 85.3 Å². The maximum atomic E-state index is 2.38. The highest BCUT2D eigenvalue weighted by molar-refractivity contribution is 5.91. The maximum absolute atomic E-state index is 2.38. The Balaban J connectivity index is 0.000000196. The van der Waals surface area contributed by atoms with Crippen LogP contribution in [0.5, 0.6) is 0 Å². The first-order valence-corrected chi connectivity index (χ1v) is 48.8. The Bertz CT molecular complexity index is 6390. The molecule has 0 atom stereocenters. The number of nitrogens with zero attached hydrogens (tertiary/aromatic N) is 9. The molecular weight excluding hydrogens is 1720 g/mol. The first-order valence-electron chi connectivity index (χ1n) is 48.8. The third kappa shape index (κ3) is 24.0. The lowest BCUT2D eigenvalue weighted by Gasteiger charge is -2.29. The highest BCUT2D eigenvalue weighted by atomic mass is 15.2. The Morgan fingerprint density at radius 1 is 0.148 bits per heavy atom. The molecule has 0 N–H and O–H groups in total. The van der Waals surface area contributed by atoms with Crippen LogP contribution >= 0.6 is 0 Å². The highest BCUT2D eigenvalue weighted by Crippen LogP contribution is 2.46. The van der Waals surface area contributed by atoms with Gasteiger partial charge in [0.15, 0.2) is 0 Å². The number of hydrogen-bond donors (Lipinski definition) is 0. The average molecular weight is 1870 g/mol. The van der Waals surface area contributed by atoms with Gasteiger partial charge in [-0.05, 0) is 403 Å². The van der Waals surface area contributed by atoms with E-state index in [0.717, 1.165) is 76.6 Å². The molecule has 142 heavy (non-hydrogen) atoms. The Labute approximate surface area is 849 Å². The second-order valence-electron chi connectivity index (χ2n) is 36.9. The van der Waals surface area contributed by atoms with E-state index in [2.05, 4.69) is 588 Å². The molecule has 720 valence electrons. The molecule has 18 aromatic rings. The summed E-state index contributed by atoms with van der Waals surface area (Å²) in [5.74, 6) is 0. The third-order valence-corrected chi connectivity index (χ3v) is 27.0. The summed E-state index contributed by atoms with van der Waals surface area (Å²) in [6, 6.07) is 153. The zero-order valence-electron chi connectivity index (χ0n) is 84.2. The number of anilines is 15. The van der Waals surface area contributed by atoms with Crippen LogP contribution in [0.25, 0.3) is 100 Å². The number of aryl methyl sites for hydroxylation is 6. The smallest absolute Gasteiger partial charge is 0.0490 e. The van der Waals surface area contributed by atoms with Gasteiger partial charge in [0.05, 0.1) is 0 Å². The van der Waals surface area contributed by atoms with Gasteiger partial charge >= 0.3 is 0 Å². The summed E-state index contributed by atoms with van der Waals surface area (Å²) in [6.07, 6.45) is 0. The van der Waals surface area contributed by atoms with E-state index in [0.29, 0.717) is 0 Å². The third-order valence-electron chi connectivity index (χ3n) is 27.0. The molecule has 9 heteroatoms. The van der Waals surface area contributed by atoms with Crippen molar-refractivity contribution >= 4 is 85.3 Å².